The van der Waals surface area contributed by atoms with Gasteiger partial charge in [-0.25, -0.2) is 4.79 Å². The van der Waals surface area contributed by atoms with Gasteiger partial charge in [-0.15, -0.1) is 0 Å². The van der Waals surface area contributed by atoms with E-state index in [9.17, 15) is 4.79 Å². The van der Waals surface area contributed by atoms with Crippen LogP contribution >= 0.6 is 0 Å². The Morgan fingerprint density at radius 3 is 2.56 bits per heavy atom. The van der Waals surface area contributed by atoms with E-state index in [1.807, 2.05) is 6.08 Å². The van der Waals surface area contributed by atoms with Crippen LogP contribution in [0.4, 0.5) is 0 Å². The maximum Gasteiger partial charge on any atom is 0.330 e. The van der Waals surface area contributed by atoms with Gasteiger partial charge in [0.1, 0.15) is 0 Å². The minimum absolute atomic E-state index is 0.271. The molecule has 0 heterocycles. The smallest absolute Gasteiger partial charge is 0.330 e. The third kappa shape index (κ3) is 10.3. The number of likely N-dealkylation sites (N-methyl/N-ethyl adjacent to an activating group) is 1. The number of carbonyl (C=O) groups excluding carboxylic acids is 1. The first-order chi connectivity index (χ1) is 8.45. The normalized spacial score (nSPS) is 13.5. The Bertz CT molecular complexity index is 240. The van der Waals surface area contributed by atoms with Crippen LogP contribution in [0.2, 0.25) is 0 Å². The summed E-state index contributed by atoms with van der Waals surface area (Å²) in [6.45, 7) is 8.38. The Morgan fingerprint density at radius 1 is 1.39 bits per heavy atom. The summed E-state index contributed by atoms with van der Waals surface area (Å²) in [6, 6.07) is 0.451. The molecule has 0 aliphatic heterocycles. The highest BCUT2D eigenvalue weighted by Gasteiger charge is 2.10. The van der Waals surface area contributed by atoms with Gasteiger partial charge in [0.2, 0.25) is 0 Å². The summed E-state index contributed by atoms with van der Waals surface area (Å²) in [7, 11) is 4.15. The van der Waals surface area contributed by atoms with Crippen molar-refractivity contribution < 1.29 is 9.53 Å². The monoisotopic (exact) mass is 256 g/mol. The molecule has 0 aliphatic rings. The molecule has 4 heteroatoms. The summed E-state index contributed by atoms with van der Waals surface area (Å²) in [5, 5.41) is 3.44. The molecule has 18 heavy (non-hydrogen) atoms. The number of esters is 1. The van der Waals surface area contributed by atoms with Gasteiger partial charge in [-0.1, -0.05) is 19.9 Å². The van der Waals surface area contributed by atoms with Gasteiger partial charge in [-0.3, -0.25) is 0 Å². The van der Waals surface area contributed by atoms with E-state index in [0.717, 1.165) is 13.0 Å². The predicted octanol–water partition coefficient (Wildman–Crippen LogP) is 1.67. The molecule has 0 fully saturated rings. The van der Waals surface area contributed by atoms with Gasteiger partial charge in [-0.05, 0) is 33.4 Å². The van der Waals surface area contributed by atoms with E-state index in [1.54, 1.807) is 6.92 Å². The number of nitrogens with one attached hydrogen (secondary N) is 1. The first kappa shape index (κ1) is 17.1. The molecule has 0 aliphatic carbocycles. The SMILES string of the molecule is CCOC(=O)/C=C/CNC(CC(C)C)CN(C)C. The van der Waals surface area contributed by atoms with Gasteiger partial charge in [0.05, 0.1) is 6.61 Å². The predicted molar refractivity (Wildman–Crippen MR) is 75.6 cm³/mol. The number of nitrogens with zero attached hydrogens (tertiary/aromatic N) is 1. The molecule has 0 bridgehead atoms. The molecule has 4 nitrogen and oxygen atoms in total. The van der Waals surface area contributed by atoms with E-state index in [-0.39, 0.29) is 5.97 Å². The second-order valence-corrected chi connectivity index (χ2v) is 5.15. The van der Waals surface area contributed by atoms with Crippen molar-refractivity contribution in [2.75, 3.05) is 33.8 Å². The Kier molecular flexibility index (Phi) is 9.60. The summed E-state index contributed by atoms with van der Waals surface area (Å²) in [6.07, 6.45) is 4.44. The van der Waals surface area contributed by atoms with E-state index >= 15 is 0 Å². The standard InChI is InChI=1S/C14H28N2O2/c1-6-18-14(17)8-7-9-15-13(10-12(2)3)11-16(4)5/h7-8,12-13,15H,6,9-11H2,1-5H3/b8-7+. The summed E-state index contributed by atoms with van der Waals surface area (Å²) < 4.78 is 4.82. The van der Waals surface area contributed by atoms with Gasteiger partial charge in [0, 0.05) is 25.2 Å². The van der Waals surface area contributed by atoms with Gasteiger partial charge >= 0.3 is 5.97 Å². The third-order valence-electron chi connectivity index (χ3n) is 2.41. The van der Waals surface area contributed by atoms with Crippen molar-refractivity contribution >= 4 is 5.97 Å². The topological polar surface area (TPSA) is 41.6 Å². The van der Waals surface area contributed by atoms with Crippen LogP contribution in [0, 0.1) is 5.92 Å². The number of ether oxygens (including phenoxy) is 1. The Balaban J connectivity index is 3.98. The van der Waals surface area contributed by atoms with E-state index in [2.05, 4.69) is 38.2 Å². The van der Waals surface area contributed by atoms with Crippen LogP contribution in [-0.4, -0.2) is 50.7 Å². The van der Waals surface area contributed by atoms with Crippen LogP contribution in [0.25, 0.3) is 0 Å². The second kappa shape index (κ2) is 10.1. The first-order valence-corrected chi connectivity index (χ1v) is 6.67. The Labute approximate surface area is 111 Å². The van der Waals surface area contributed by atoms with E-state index in [1.165, 1.54) is 6.08 Å². The molecule has 1 N–H and O–H groups in total. The molecule has 0 aromatic heterocycles. The van der Waals surface area contributed by atoms with Crippen LogP contribution in [0.3, 0.4) is 0 Å². The van der Waals surface area contributed by atoms with Crippen LogP contribution in [0.1, 0.15) is 27.2 Å². The molecule has 0 radical (unpaired) electrons. The van der Waals surface area contributed by atoms with E-state index in [4.69, 9.17) is 4.74 Å². The average Bonchev–Trinajstić information content (AvgIpc) is 2.23. The molecule has 1 unspecified atom stereocenters. The largest absolute Gasteiger partial charge is 0.463 e. The zero-order chi connectivity index (χ0) is 14.0. The minimum Gasteiger partial charge on any atom is -0.463 e. The van der Waals surface area contributed by atoms with Crippen LogP contribution in [0.5, 0.6) is 0 Å². The Morgan fingerprint density at radius 2 is 2.06 bits per heavy atom. The lowest BCUT2D eigenvalue weighted by Crippen LogP contribution is -2.39. The van der Waals surface area contributed by atoms with Gasteiger partial charge in [0.25, 0.3) is 0 Å². The van der Waals surface area contributed by atoms with Crippen molar-refractivity contribution in [1.82, 2.24) is 10.2 Å². The maximum atomic E-state index is 11.1. The van der Waals surface area contributed by atoms with Crippen molar-refractivity contribution in [3.05, 3.63) is 12.2 Å². The molecule has 0 amide bonds. The quantitative estimate of drug-likeness (QED) is 0.503. The first-order valence-electron chi connectivity index (χ1n) is 6.67. The molecule has 0 rings (SSSR count). The van der Waals surface area contributed by atoms with Crippen molar-refractivity contribution in [3.63, 3.8) is 0 Å². The number of carbonyl (C=O) groups is 1. The van der Waals surface area contributed by atoms with E-state index in [0.29, 0.717) is 25.1 Å². The summed E-state index contributed by atoms with van der Waals surface area (Å²) in [5.74, 6) is 0.392. The molecule has 106 valence electrons. The lowest BCUT2D eigenvalue weighted by atomic mass is 10.0. The van der Waals surface area contributed by atoms with Gasteiger partial charge in [0.15, 0.2) is 0 Å². The molecule has 0 spiro atoms. The lowest BCUT2D eigenvalue weighted by molar-refractivity contribution is -0.137. The van der Waals surface area contributed by atoms with Crippen LogP contribution in [-0.2, 0) is 9.53 Å². The highest BCUT2D eigenvalue weighted by Crippen LogP contribution is 2.05. The zero-order valence-corrected chi connectivity index (χ0v) is 12.4. The molecular weight excluding hydrogens is 228 g/mol. The fourth-order valence-corrected chi connectivity index (χ4v) is 1.81. The molecule has 0 aromatic carbocycles. The van der Waals surface area contributed by atoms with E-state index < -0.39 is 0 Å². The van der Waals surface area contributed by atoms with Crippen LogP contribution in [0.15, 0.2) is 12.2 Å². The fourth-order valence-electron chi connectivity index (χ4n) is 1.81. The van der Waals surface area contributed by atoms with Gasteiger partial charge in [-0.2, -0.15) is 0 Å². The number of rotatable bonds is 9. The third-order valence-corrected chi connectivity index (χ3v) is 2.41. The summed E-state index contributed by atoms with van der Waals surface area (Å²) in [4.78, 5) is 13.3. The highest BCUT2D eigenvalue weighted by atomic mass is 16.5. The lowest BCUT2D eigenvalue weighted by Gasteiger charge is -2.23. The van der Waals surface area contributed by atoms with Crippen LogP contribution < -0.4 is 5.32 Å². The van der Waals surface area contributed by atoms with Crippen molar-refractivity contribution in [2.45, 2.75) is 33.2 Å². The zero-order valence-electron chi connectivity index (χ0n) is 12.4. The highest BCUT2D eigenvalue weighted by molar-refractivity contribution is 5.81. The van der Waals surface area contributed by atoms with Crippen molar-refractivity contribution in [2.24, 2.45) is 5.92 Å². The average molecular weight is 256 g/mol. The molecule has 0 aromatic rings. The number of hydrogen-bond acceptors (Lipinski definition) is 4. The van der Waals surface area contributed by atoms with Crippen molar-refractivity contribution in [1.29, 1.82) is 0 Å². The molecule has 1 atom stereocenters. The van der Waals surface area contributed by atoms with Gasteiger partial charge < -0.3 is 15.0 Å². The second-order valence-electron chi connectivity index (χ2n) is 5.15. The Hall–Kier alpha value is -0.870. The minimum atomic E-state index is -0.271. The molecular formula is C14H28N2O2. The number of hydrogen-bond donors (Lipinski definition) is 1. The summed E-state index contributed by atoms with van der Waals surface area (Å²) in [5.41, 5.74) is 0. The molecule has 0 saturated heterocycles. The fraction of sp³-hybridized carbons (Fsp3) is 0.786. The summed E-state index contributed by atoms with van der Waals surface area (Å²) >= 11 is 0. The maximum absolute atomic E-state index is 11.1. The van der Waals surface area contributed by atoms with Crippen molar-refractivity contribution in [3.8, 4) is 0 Å². The molecule has 0 saturated carbocycles.